The van der Waals surface area contributed by atoms with Crippen LogP contribution in [0.15, 0.2) is 12.1 Å². The molecule has 1 rings (SSSR count). The number of benzene rings is 1. The normalized spacial score (nSPS) is 11.6. The fourth-order valence-electron chi connectivity index (χ4n) is 1.41. The van der Waals surface area contributed by atoms with Crippen molar-refractivity contribution in [2.24, 2.45) is 0 Å². The van der Waals surface area contributed by atoms with Crippen molar-refractivity contribution in [2.75, 3.05) is 0 Å². The third kappa shape index (κ3) is 2.07. The fourth-order valence-corrected chi connectivity index (χ4v) is 1.41. The maximum Gasteiger partial charge on any atom is 0.337 e. The van der Waals surface area contributed by atoms with Crippen molar-refractivity contribution >= 4 is 12.3 Å². The van der Waals surface area contributed by atoms with Crippen LogP contribution in [0.1, 0.15) is 33.2 Å². The number of aryl methyl sites for hydroxylation is 1. The number of carboxylic acid groups (broad SMARTS) is 1. The number of aliphatic carboxylic acids is 1. The summed E-state index contributed by atoms with van der Waals surface area (Å²) in [4.78, 5) is 21.2. The number of hydrogen-bond donors (Lipinski definition) is 2. The maximum atomic E-state index is 10.6. The summed E-state index contributed by atoms with van der Waals surface area (Å²) < 4.78 is 0. The van der Waals surface area contributed by atoms with Gasteiger partial charge in [-0.05, 0) is 24.6 Å². The number of hydrogen-bond acceptors (Lipinski definition) is 4. The lowest BCUT2D eigenvalue weighted by atomic mass is 9.96. The minimum Gasteiger partial charge on any atom is -0.479 e. The van der Waals surface area contributed by atoms with Crippen molar-refractivity contribution in [3.63, 3.8) is 0 Å². The first-order valence-electron chi connectivity index (χ1n) is 4.42. The van der Waals surface area contributed by atoms with E-state index in [9.17, 15) is 14.7 Å². The molecule has 0 radical (unpaired) electrons. The standard InChI is InChI=1S/C11H9NO4/c1-6-2-7(5-13)3-8(9(6)4-12)10(14)11(15)16/h2-3,5,10,14H,1H3,(H,15,16). The van der Waals surface area contributed by atoms with Crippen LogP contribution in [0.5, 0.6) is 0 Å². The van der Waals surface area contributed by atoms with Gasteiger partial charge in [0.1, 0.15) is 6.29 Å². The molecule has 1 atom stereocenters. The minimum atomic E-state index is -1.80. The van der Waals surface area contributed by atoms with Crippen molar-refractivity contribution in [1.82, 2.24) is 0 Å². The average Bonchev–Trinajstić information content (AvgIpc) is 2.26. The smallest absolute Gasteiger partial charge is 0.337 e. The van der Waals surface area contributed by atoms with E-state index in [0.717, 1.165) is 0 Å². The highest BCUT2D eigenvalue weighted by Crippen LogP contribution is 2.22. The van der Waals surface area contributed by atoms with E-state index in [1.54, 1.807) is 6.92 Å². The Balaban J connectivity index is 3.46. The van der Waals surface area contributed by atoms with Gasteiger partial charge in [0, 0.05) is 11.1 Å². The Hall–Kier alpha value is -2.19. The molecule has 0 saturated carbocycles. The zero-order valence-electron chi connectivity index (χ0n) is 8.47. The summed E-state index contributed by atoms with van der Waals surface area (Å²) in [6, 6.07) is 4.48. The molecule has 16 heavy (non-hydrogen) atoms. The van der Waals surface area contributed by atoms with E-state index >= 15 is 0 Å². The maximum absolute atomic E-state index is 10.6. The van der Waals surface area contributed by atoms with E-state index in [-0.39, 0.29) is 16.7 Å². The van der Waals surface area contributed by atoms with Crippen molar-refractivity contribution in [2.45, 2.75) is 13.0 Å². The number of aliphatic hydroxyl groups excluding tert-OH is 1. The molecule has 0 spiro atoms. The quantitative estimate of drug-likeness (QED) is 0.732. The first-order valence-corrected chi connectivity index (χ1v) is 4.42. The number of carbonyl (C=O) groups excluding carboxylic acids is 1. The summed E-state index contributed by atoms with van der Waals surface area (Å²) in [5.74, 6) is -1.46. The van der Waals surface area contributed by atoms with Gasteiger partial charge >= 0.3 is 5.97 Å². The molecule has 0 heterocycles. The van der Waals surface area contributed by atoms with E-state index in [4.69, 9.17) is 10.4 Å². The van der Waals surface area contributed by atoms with Crippen molar-refractivity contribution in [3.05, 3.63) is 34.4 Å². The first-order chi connectivity index (χ1) is 7.51. The molecule has 5 nitrogen and oxygen atoms in total. The number of carboxylic acids is 1. The van der Waals surface area contributed by atoms with E-state index in [1.165, 1.54) is 12.1 Å². The van der Waals surface area contributed by atoms with Gasteiger partial charge in [-0.15, -0.1) is 0 Å². The van der Waals surface area contributed by atoms with Crippen LogP contribution >= 0.6 is 0 Å². The lowest BCUT2D eigenvalue weighted by molar-refractivity contribution is -0.146. The zero-order chi connectivity index (χ0) is 12.3. The summed E-state index contributed by atoms with van der Waals surface area (Å²) in [5, 5.41) is 26.9. The highest BCUT2D eigenvalue weighted by molar-refractivity contribution is 5.80. The third-order valence-corrected chi connectivity index (χ3v) is 2.16. The molecule has 0 amide bonds. The zero-order valence-corrected chi connectivity index (χ0v) is 8.47. The lowest BCUT2D eigenvalue weighted by Gasteiger charge is -2.10. The van der Waals surface area contributed by atoms with Crippen LogP contribution in [-0.2, 0) is 4.79 Å². The van der Waals surface area contributed by atoms with Crippen LogP contribution in [0.3, 0.4) is 0 Å². The van der Waals surface area contributed by atoms with E-state index < -0.39 is 12.1 Å². The summed E-state index contributed by atoms with van der Waals surface area (Å²) in [7, 11) is 0. The van der Waals surface area contributed by atoms with Gasteiger partial charge in [-0.3, -0.25) is 4.79 Å². The molecular weight excluding hydrogens is 210 g/mol. The molecule has 2 N–H and O–H groups in total. The van der Waals surface area contributed by atoms with Crippen LogP contribution in [0, 0.1) is 18.3 Å². The van der Waals surface area contributed by atoms with Crippen molar-refractivity contribution in [3.8, 4) is 6.07 Å². The molecule has 1 aromatic rings. The number of aliphatic hydroxyl groups is 1. The first kappa shape index (κ1) is 11.9. The van der Waals surface area contributed by atoms with Gasteiger partial charge in [-0.25, -0.2) is 4.79 Å². The van der Waals surface area contributed by atoms with Crippen LogP contribution in [0.4, 0.5) is 0 Å². The number of carbonyl (C=O) groups is 2. The molecule has 0 aliphatic carbocycles. The molecule has 5 heteroatoms. The van der Waals surface area contributed by atoms with E-state index in [1.807, 2.05) is 6.07 Å². The minimum absolute atomic E-state index is 0.0582. The van der Waals surface area contributed by atoms with E-state index in [0.29, 0.717) is 11.8 Å². The second kappa shape index (κ2) is 4.55. The van der Waals surface area contributed by atoms with E-state index in [2.05, 4.69) is 0 Å². The Morgan fingerprint density at radius 1 is 1.56 bits per heavy atom. The Bertz CT molecular complexity index is 487. The van der Waals surface area contributed by atoms with Gasteiger partial charge in [0.15, 0.2) is 6.10 Å². The third-order valence-electron chi connectivity index (χ3n) is 2.16. The van der Waals surface area contributed by atoms with Crippen LogP contribution in [0.2, 0.25) is 0 Å². The van der Waals surface area contributed by atoms with Crippen LogP contribution < -0.4 is 0 Å². The average molecular weight is 219 g/mol. The summed E-state index contributed by atoms with van der Waals surface area (Å²) in [5.41, 5.74) is 0.715. The van der Waals surface area contributed by atoms with Gasteiger partial charge in [-0.2, -0.15) is 5.26 Å². The molecule has 0 saturated heterocycles. The molecule has 0 aromatic heterocycles. The topological polar surface area (TPSA) is 98.4 Å². The van der Waals surface area contributed by atoms with Gasteiger partial charge in [0.25, 0.3) is 0 Å². The largest absolute Gasteiger partial charge is 0.479 e. The Labute approximate surface area is 91.6 Å². The highest BCUT2D eigenvalue weighted by Gasteiger charge is 2.21. The van der Waals surface area contributed by atoms with Gasteiger partial charge in [0.05, 0.1) is 11.6 Å². The predicted molar refractivity (Wildman–Crippen MR) is 53.9 cm³/mol. The molecule has 0 bridgehead atoms. The molecule has 0 fully saturated rings. The number of nitrogens with zero attached hydrogens (tertiary/aromatic N) is 1. The number of aldehydes is 1. The number of rotatable bonds is 3. The van der Waals surface area contributed by atoms with Gasteiger partial charge in [-0.1, -0.05) is 0 Å². The molecule has 0 aliphatic heterocycles. The van der Waals surface area contributed by atoms with Gasteiger partial charge in [0.2, 0.25) is 0 Å². The predicted octanol–water partition coefficient (Wildman–Crippen LogP) is 0.797. The summed E-state index contributed by atoms with van der Waals surface area (Å²) in [6.07, 6.45) is -1.26. The highest BCUT2D eigenvalue weighted by atomic mass is 16.4. The molecule has 1 unspecified atom stereocenters. The summed E-state index contributed by atoms with van der Waals surface area (Å²) >= 11 is 0. The second-order valence-electron chi connectivity index (χ2n) is 3.27. The monoisotopic (exact) mass is 219 g/mol. The lowest BCUT2D eigenvalue weighted by Crippen LogP contribution is -2.13. The molecule has 1 aromatic carbocycles. The summed E-state index contributed by atoms with van der Waals surface area (Å²) in [6.45, 7) is 1.57. The fraction of sp³-hybridized carbons (Fsp3) is 0.182. The van der Waals surface area contributed by atoms with Crippen molar-refractivity contribution in [1.29, 1.82) is 5.26 Å². The SMILES string of the molecule is Cc1cc(C=O)cc(C(O)C(=O)O)c1C#N. The Morgan fingerprint density at radius 3 is 2.62 bits per heavy atom. The number of nitriles is 1. The van der Waals surface area contributed by atoms with Crippen LogP contribution in [0.25, 0.3) is 0 Å². The molecular formula is C11H9NO4. The second-order valence-corrected chi connectivity index (χ2v) is 3.27. The van der Waals surface area contributed by atoms with Crippen molar-refractivity contribution < 1.29 is 19.8 Å². The molecule has 0 aliphatic rings. The van der Waals surface area contributed by atoms with Crippen LogP contribution in [-0.4, -0.2) is 22.5 Å². The Morgan fingerprint density at radius 2 is 2.19 bits per heavy atom. The Kier molecular flexibility index (Phi) is 3.38. The van der Waals surface area contributed by atoms with Gasteiger partial charge < -0.3 is 10.2 Å². The molecule has 82 valence electrons.